The fourth-order valence-electron chi connectivity index (χ4n) is 2.88. The highest BCUT2D eigenvalue weighted by molar-refractivity contribution is 5.68. The number of aliphatic hydroxyl groups is 1. The molecule has 31 heavy (non-hydrogen) atoms. The van der Waals surface area contributed by atoms with E-state index in [1.807, 2.05) is 13.8 Å². The number of anilines is 1. The Morgan fingerprint density at radius 1 is 0.871 bits per heavy atom. The van der Waals surface area contributed by atoms with E-state index < -0.39 is 35.2 Å². The van der Waals surface area contributed by atoms with E-state index in [2.05, 4.69) is 0 Å². The van der Waals surface area contributed by atoms with Gasteiger partial charge in [0, 0.05) is 37.4 Å². The number of benzene rings is 1. The number of ether oxygens (including phenoxy) is 1. The number of amides is 1. The molecule has 1 aromatic carbocycles. The van der Waals surface area contributed by atoms with Crippen LogP contribution in [0.4, 0.5) is 36.8 Å². The van der Waals surface area contributed by atoms with E-state index in [0.717, 1.165) is 12.1 Å². The standard InChI is InChI=1S/C18H22F6N2O3.C2H6/c1-15(2,3)29-14(27)26-10-8-25(9-11-26)13-6-4-12(5-7-13)16(28,17(19,20)21)18(22,23)24;1-2/h4-7,28H,8-11H2,1-3H3;1-2H3. The number of alkyl halides is 6. The molecule has 1 heterocycles. The largest absolute Gasteiger partial charge is 0.444 e. The monoisotopic (exact) mass is 458 g/mol. The lowest BCUT2D eigenvalue weighted by Crippen LogP contribution is -2.54. The summed E-state index contributed by atoms with van der Waals surface area (Å²) in [6.45, 7) is 10.4. The van der Waals surface area contributed by atoms with Crippen LogP contribution in [0.2, 0.25) is 0 Å². The van der Waals surface area contributed by atoms with Crippen LogP contribution in [0.15, 0.2) is 24.3 Å². The van der Waals surface area contributed by atoms with Gasteiger partial charge >= 0.3 is 18.4 Å². The number of nitrogens with zero attached hydrogens (tertiary/aromatic N) is 2. The SMILES string of the molecule is CC.CC(C)(C)OC(=O)N1CCN(c2ccc(C(O)(C(F)(F)F)C(F)(F)F)cc2)CC1. The Balaban J connectivity index is 0.00000233. The molecule has 0 aromatic heterocycles. The van der Waals surface area contributed by atoms with Gasteiger partial charge in [0.15, 0.2) is 0 Å². The maximum absolute atomic E-state index is 12.9. The van der Waals surface area contributed by atoms with Gasteiger partial charge in [-0.15, -0.1) is 0 Å². The molecule has 0 bridgehead atoms. The molecule has 2 rings (SSSR count). The molecule has 1 amide bonds. The van der Waals surface area contributed by atoms with Gasteiger partial charge in [0.2, 0.25) is 0 Å². The topological polar surface area (TPSA) is 53.0 Å². The molecule has 0 radical (unpaired) electrons. The third kappa shape index (κ3) is 6.18. The molecule has 1 N–H and O–H groups in total. The zero-order chi connectivity index (χ0) is 24.3. The molecule has 0 unspecified atom stereocenters. The molecule has 1 saturated heterocycles. The van der Waals surface area contributed by atoms with Gasteiger partial charge in [-0.1, -0.05) is 26.0 Å². The summed E-state index contributed by atoms with van der Waals surface area (Å²) in [6.07, 6.45) is -12.3. The Morgan fingerprint density at radius 3 is 1.65 bits per heavy atom. The van der Waals surface area contributed by atoms with Crippen LogP contribution in [-0.2, 0) is 10.3 Å². The van der Waals surface area contributed by atoms with Gasteiger partial charge < -0.3 is 19.6 Å². The summed E-state index contributed by atoms with van der Waals surface area (Å²) < 4.78 is 82.9. The summed E-state index contributed by atoms with van der Waals surface area (Å²) in [5.74, 6) is 0. The second kappa shape index (κ2) is 9.54. The van der Waals surface area contributed by atoms with E-state index in [4.69, 9.17) is 4.74 Å². The van der Waals surface area contributed by atoms with Gasteiger partial charge in [0.25, 0.3) is 5.60 Å². The number of halogens is 6. The first-order chi connectivity index (χ1) is 14.1. The van der Waals surface area contributed by atoms with Crippen molar-refractivity contribution in [1.29, 1.82) is 0 Å². The summed E-state index contributed by atoms with van der Waals surface area (Å²) in [6, 6.07) is 3.38. The fourth-order valence-corrected chi connectivity index (χ4v) is 2.88. The maximum Gasteiger partial charge on any atom is 0.430 e. The van der Waals surface area contributed by atoms with Crippen LogP contribution in [0.1, 0.15) is 40.2 Å². The number of carbonyl (C=O) groups excluding carboxylic acids is 1. The van der Waals surface area contributed by atoms with Gasteiger partial charge in [-0.2, -0.15) is 26.3 Å². The van der Waals surface area contributed by atoms with Gasteiger partial charge in [-0.25, -0.2) is 4.79 Å². The Kier molecular flexibility index (Phi) is 8.27. The first kappa shape index (κ1) is 26.9. The average Bonchev–Trinajstić information content (AvgIpc) is 2.66. The molecule has 1 fully saturated rings. The molecule has 1 aromatic rings. The minimum atomic E-state index is -5.92. The second-order valence-electron chi connectivity index (χ2n) is 7.71. The van der Waals surface area contributed by atoms with Crippen molar-refractivity contribution in [3.8, 4) is 0 Å². The Bertz CT molecular complexity index is 704. The average molecular weight is 458 g/mol. The van der Waals surface area contributed by atoms with Gasteiger partial charge in [-0.05, 0) is 32.9 Å². The summed E-state index contributed by atoms with van der Waals surface area (Å²) >= 11 is 0. The number of carbonyl (C=O) groups is 1. The van der Waals surface area contributed by atoms with Crippen LogP contribution in [0.5, 0.6) is 0 Å². The lowest BCUT2D eigenvalue weighted by Gasteiger charge is -2.37. The van der Waals surface area contributed by atoms with Crippen LogP contribution >= 0.6 is 0 Å². The highest BCUT2D eigenvalue weighted by Gasteiger charge is 2.71. The number of hydrogen-bond donors (Lipinski definition) is 1. The molecular weight excluding hydrogens is 430 g/mol. The van der Waals surface area contributed by atoms with Crippen LogP contribution in [0.3, 0.4) is 0 Å². The van der Waals surface area contributed by atoms with Gasteiger partial charge in [-0.3, -0.25) is 0 Å². The third-order valence-electron chi connectivity index (χ3n) is 4.40. The van der Waals surface area contributed by atoms with Crippen molar-refractivity contribution < 1.29 is 41.0 Å². The normalized spacial score (nSPS) is 15.9. The van der Waals surface area contributed by atoms with Crippen LogP contribution in [0.25, 0.3) is 0 Å². The molecule has 1 aliphatic rings. The molecule has 0 aliphatic carbocycles. The second-order valence-corrected chi connectivity index (χ2v) is 7.71. The summed E-state index contributed by atoms with van der Waals surface area (Å²) in [5, 5.41) is 9.42. The van der Waals surface area contributed by atoms with Gasteiger partial charge in [0.05, 0.1) is 0 Å². The molecule has 5 nitrogen and oxygen atoms in total. The van der Waals surface area contributed by atoms with Crippen molar-refractivity contribution in [2.24, 2.45) is 0 Å². The number of rotatable bonds is 2. The van der Waals surface area contributed by atoms with Crippen LogP contribution < -0.4 is 4.90 Å². The van der Waals surface area contributed by atoms with Gasteiger partial charge in [0.1, 0.15) is 5.60 Å². The summed E-state index contributed by atoms with van der Waals surface area (Å²) in [4.78, 5) is 15.2. The van der Waals surface area contributed by atoms with Crippen molar-refractivity contribution >= 4 is 11.8 Å². The van der Waals surface area contributed by atoms with E-state index in [1.165, 1.54) is 4.90 Å². The summed E-state index contributed by atoms with van der Waals surface area (Å²) in [5.41, 5.74) is -6.54. The lowest BCUT2D eigenvalue weighted by molar-refractivity contribution is -0.376. The van der Waals surface area contributed by atoms with Crippen molar-refractivity contribution in [3.05, 3.63) is 29.8 Å². The highest BCUT2D eigenvalue weighted by atomic mass is 19.4. The Morgan fingerprint density at radius 2 is 1.29 bits per heavy atom. The highest BCUT2D eigenvalue weighted by Crippen LogP contribution is 2.50. The van der Waals surface area contributed by atoms with E-state index in [9.17, 15) is 36.2 Å². The predicted molar refractivity (Wildman–Crippen MR) is 104 cm³/mol. The first-order valence-electron chi connectivity index (χ1n) is 9.75. The predicted octanol–water partition coefficient (Wildman–Crippen LogP) is 5.08. The summed E-state index contributed by atoms with van der Waals surface area (Å²) in [7, 11) is 0. The Hall–Kier alpha value is -2.17. The lowest BCUT2D eigenvalue weighted by atomic mass is 9.92. The van der Waals surface area contributed by atoms with Crippen molar-refractivity contribution in [1.82, 2.24) is 4.90 Å². The van der Waals surface area contributed by atoms with Crippen molar-refractivity contribution in [3.63, 3.8) is 0 Å². The van der Waals surface area contributed by atoms with Crippen LogP contribution in [-0.4, -0.2) is 60.2 Å². The minimum absolute atomic E-state index is 0.283. The fraction of sp³-hybridized carbons (Fsp3) is 0.650. The van der Waals surface area contributed by atoms with Crippen LogP contribution in [0, 0.1) is 0 Å². The number of piperazine rings is 1. The number of hydrogen-bond acceptors (Lipinski definition) is 4. The molecule has 1 aliphatic heterocycles. The quantitative estimate of drug-likeness (QED) is 0.628. The third-order valence-corrected chi connectivity index (χ3v) is 4.40. The minimum Gasteiger partial charge on any atom is -0.444 e. The van der Waals surface area contributed by atoms with Crippen molar-refractivity contribution in [2.75, 3.05) is 31.1 Å². The molecule has 0 spiro atoms. The molecule has 178 valence electrons. The molecule has 0 atom stereocenters. The molecule has 11 heteroatoms. The Labute approximate surface area is 177 Å². The van der Waals surface area contributed by atoms with E-state index in [1.54, 1.807) is 25.7 Å². The molecule has 0 saturated carbocycles. The van der Waals surface area contributed by atoms with E-state index in [-0.39, 0.29) is 13.1 Å². The molecular formula is C20H28F6N2O3. The smallest absolute Gasteiger partial charge is 0.430 e. The zero-order valence-corrected chi connectivity index (χ0v) is 18.1. The van der Waals surface area contributed by atoms with E-state index in [0.29, 0.717) is 30.9 Å². The van der Waals surface area contributed by atoms with Crippen molar-refractivity contribution in [2.45, 2.75) is 58.2 Å². The maximum atomic E-state index is 12.9. The van der Waals surface area contributed by atoms with E-state index >= 15 is 0 Å². The zero-order valence-electron chi connectivity index (χ0n) is 18.1. The first-order valence-corrected chi connectivity index (χ1v) is 9.75.